The molecule has 2 heterocycles. The molecule has 2 aromatic heterocycles. The Hall–Kier alpha value is -2.32. The summed E-state index contributed by atoms with van der Waals surface area (Å²) in [5.74, 6) is 0. The zero-order valence-electron chi connectivity index (χ0n) is 19.5. The Balaban J connectivity index is 0.00000144. The topological polar surface area (TPSA) is 25.8 Å². The maximum absolute atomic E-state index is 4.63. The van der Waals surface area contributed by atoms with Gasteiger partial charge in [0.15, 0.2) is 0 Å². The molecule has 0 aliphatic heterocycles. The summed E-state index contributed by atoms with van der Waals surface area (Å²) < 4.78 is 1.18. The third kappa shape index (κ3) is 4.63. The molecule has 0 saturated carbocycles. The van der Waals surface area contributed by atoms with Crippen LogP contribution in [0.5, 0.6) is 0 Å². The fourth-order valence-electron chi connectivity index (χ4n) is 5.20. The normalized spacial score (nSPS) is 17.2. The Bertz CT molecular complexity index is 1310. The average molecular weight is 575 g/mol. The molecule has 2 nitrogen and oxygen atoms in total. The number of fused-ring (bicyclic) bond motifs is 2. The molecular weight excluding hydrogens is 550 g/mol. The summed E-state index contributed by atoms with van der Waals surface area (Å²) in [5.41, 5.74) is 13.4. The van der Waals surface area contributed by atoms with E-state index in [0.717, 1.165) is 11.4 Å². The zero-order chi connectivity index (χ0) is 22.4. The van der Waals surface area contributed by atoms with Gasteiger partial charge in [0, 0.05) is 0 Å². The van der Waals surface area contributed by atoms with E-state index in [1.165, 1.54) is 44.5 Å². The number of nitrogens with zero attached hydrogens (tertiary/aromatic N) is 2. The SMILES string of the molecule is CC1=Cc2c(-c3ccccn3)cccc2[CH]1[Zr+2][CH]1C(C)=Cc2c(-c3ccccn3)cccc21.[Cl-].[Cl-]. The maximum Gasteiger partial charge on any atom is -1.00 e. The van der Waals surface area contributed by atoms with Gasteiger partial charge >= 0.3 is 208 Å². The molecule has 4 aromatic rings. The number of benzene rings is 2. The van der Waals surface area contributed by atoms with Crippen LogP contribution in [0.15, 0.2) is 96.3 Å². The van der Waals surface area contributed by atoms with E-state index in [-0.39, 0.29) is 24.8 Å². The number of pyridine rings is 2. The first-order valence-corrected chi connectivity index (χ1v) is 14.3. The number of halogens is 2. The van der Waals surface area contributed by atoms with Gasteiger partial charge in [-0.2, -0.15) is 0 Å². The van der Waals surface area contributed by atoms with Crippen molar-refractivity contribution in [1.82, 2.24) is 9.97 Å². The smallest absolute Gasteiger partial charge is 1.00 e. The van der Waals surface area contributed by atoms with Crippen molar-refractivity contribution in [2.75, 3.05) is 0 Å². The van der Waals surface area contributed by atoms with Crippen LogP contribution >= 0.6 is 0 Å². The molecule has 2 aliphatic carbocycles. The molecule has 5 heteroatoms. The molecule has 0 spiro atoms. The van der Waals surface area contributed by atoms with Crippen molar-refractivity contribution in [3.63, 3.8) is 0 Å². The van der Waals surface area contributed by atoms with Crippen molar-refractivity contribution in [2.24, 2.45) is 0 Å². The summed E-state index contributed by atoms with van der Waals surface area (Å²) in [7, 11) is 0. The van der Waals surface area contributed by atoms with Gasteiger partial charge in [-0.1, -0.05) is 0 Å². The van der Waals surface area contributed by atoms with E-state index in [1.807, 2.05) is 24.5 Å². The van der Waals surface area contributed by atoms with E-state index >= 15 is 0 Å². The third-order valence-electron chi connectivity index (χ3n) is 6.77. The summed E-state index contributed by atoms with van der Waals surface area (Å²) >= 11 is -0.876. The van der Waals surface area contributed by atoms with Gasteiger partial charge in [0.1, 0.15) is 0 Å². The molecule has 6 rings (SSSR count). The van der Waals surface area contributed by atoms with Crippen molar-refractivity contribution in [3.8, 4) is 22.5 Å². The number of hydrogen-bond acceptors (Lipinski definition) is 2. The summed E-state index contributed by atoms with van der Waals surface area (Å²) in [6, 6.07) is 25.9. The summed E-state index contributed by atoms with van der Waals surface area (Å²) in [4.78, 5) is 9.26. The van der Waals surface area contributed by atoms with Crippen molar-refractivity contribution in [1.29, 1.82) is 0 Å². The summed E-state index contributed by atoms with van der Waals surface area (Å²) in [6.07, 6.45) is 8.61. The number of rotatable bonds is 4. The number of hydrogen-bond donors (Lipinski definition) is 0. The van der Waals surface area contributed by atoms with Gasteiger partial charge in [-0.25, -0.2) is 0 Å². The van der Waals surface area contributed by atoms with Gasteiger partial charge in [-0.3, -0.25) is 0 Å². The van der Waals surface area contributed by atoms with Gasteiger partial charge in [-0.05, 0) is 0 Å². The van der Waals surface area contributed by atoms with Crippen LogP contribution in [0.2, 0.25) is 0 Å². The molecule has 35 heavy (non-hydrogen) atoms. The maximum atomic E-state index is 4.63. The number of aromatic nitrogens is 2. The van der Waals surface area contributed by atoms with Gasteiger partial charge < -0.3 is 24.8 Å². The standard InChI is InChI=1S/2C15H12N.2ClH.Zr/c2*1-11-9-12-5-4-6-13(14(12)10-11)15-7-2-3-8-16-15;;;/h2*2-10H,1H3;2*1H;/q;;;;+2/p-2. The molecule has 2 aromatic carbocycles. The van der Waals surface area contributed by atoms with Gasteiger partial charge in [0.05, 0.1) is 0 Å². The zero-order valence-corrected chi connectivity index (χ0v) is 23.5. The molecule has 0 amide bonds. The Kier molecular flexibility index (Phi) is 7.91. The van der Waals surface area contributed by atoms with Crippen LogP contribution in [0.25, 0.3) is 34.7 Å². The first kappa shape index (κ1) is 25.8. The molecule has 2 unspecified atom stereocenters. The molecule has 172 valence electrons. The van der Waals surface area contributed by atoms with Crippen molar-refractivity contribution < 1.29 is 48.0 Å². The van der Waals surface area contributed by atoms with Gasteiger partial charge in [0.2, 0.25) is 0 Å². The molecule has 0 radical (unpaired) electrons. The predicted octanol–water partition coefficient (Wildman–Crippen LogP) is 1.52. The van der Waals surface area contributed by atoms with Crippen molar-refractivity contribution in [3.05, 3.63) is 119 Å². The van der Waals surface area contributed by atoms with E-state index in [1.54, 1.807) is 0 Å². The Labute approximate surface area is 231 Å². The minimum atomic E-state index is -0.876. The van der Waals surface area contributed by atoms with E-state index in [9.17, 15) is 0 Å². The number of allylic oxidation sites excluding steroid dienone is 2. The Morgan fingerprint density at radius 1 is 0.571 bits per heavy atom. The van der Waals surface area contributed by atoms with Crippen molar-refractivity contribution in [2.45, 2.75) is 21.1 Å². The van der Waals surface area contributed by atoms with E-state index in [2.05, 4.69) is 96.6 Å². The Morgan fingerprint density at radius 3 is 1.43 bits per heavy atom. The summed E-state index contributed by atoms with van der Waals surface area (Å²) in [5, 5.41) is 0. The molecule has 0 bridgehead atoms. The second-order valence-electron chi connectivity index (χ2n) is 8.86. The Morgan fingerprint density at radius 2 is 1.03 bits per heavy atom. The van der Waals surface area contributed by atoms with Crippen LogP contribution in [0, 0.1) is 0 Å². The van der Waals surface area contributed by atoms with Gasteiger partial charge in [-0.15, -0.1) is 0 Å². The van der Waals surface area contributed by atoms with E-state index < -0.39 is 23.2 Å². The van der Waals surface area contributed by atoms with E-state index in [0.29, 0.717) is 7.25 Å². The molecular formula is C30H24Cl2N2Zr. The minimum Gasteiger partial charge on any atom is -1.00 e. The molecule has 2 atom stereocenters. The summed E-state index contributed by atoms with van der Waals surface area (Å²) in [6.45, 7) is 4.65. The molecule has 2 aliphatic rings. The first-order chi connectivity index (χ1) is 16.2. The van der Waals surface area contributed by atoms with Gasteiger partial charge in [0.25, 0.3) is 0 Å². The molecule has 0 N–H and O–H groups in total. The second-order valence-corrected chi connectivity index (χ2v) is 12.5. The van der Waals surface area contributed by atoms with Crippen LogP contribution in [0.4, 0.5) is 0 Å². The largest absolute Gasteiger partial charge is 1.00 e. The quantitative estimate of drug-likeness (QED) is 0.370. The van der Waals surface area contributed by atoms with Crippen LogP contribution in [0.1, 0.15) is 43.4 Å². The molecule has 0 fully saturated rings. The average Bonchev–Trinajstić information content (AvgIpc) is 3.36. The monoisotopic (exact) mass is 572 g/mol. The minimum absolute atomic E-state index is 0. The van der Waals surface area contributed by atoms with Crippen LogP contribution < -0.4 is 24.8 Å². The predicted molar refractivity (Wildman–Crippen MR) is 132 cm³/mol. The van der Waals surface area contributed by atoms with Crippen LogP contribution in [0.3, 0.4) is 0 Å². The third-order valence-corrected chi connectivity index (χ3v) is 12.2. The van der Waals surface area contributed by atoms with Crippen LogP contribution in [-0.2, 0) is 23.2 Å². The fraction of sp³-hybridized carbons (Fsp3) is 0.133. The van der Waals surface area contributed by atoms with Crippen molar-refractivity contribution >= 4 is 12.2 Å². The molecule has 0 saturated heterocycles. The second kappa shape index (κ2) is 10.7. The van der Waals surface area contributed by atoms with Crippen LogP contribution in [-0.4, -0.2) is 9.97 Å². The fourth-order valence-corrected chi connectivity index (χ4v) is 9.85. The first-order valence-electron chi connectivity index (χ1n) is 11.4. The van der Waals surface area contributed by atoms with E-state index in [4.69, 9.17) is 0 Å².